The summed E-state index contributed by atoms with van der Waals surface area (Å²) in [5, 5.41) is 3.63. The Morgan fingerprint density at radius 2 is 2.29 bits per heavy atom. The molecule has 4 nitrogen and oxygen atoms in total. The van der Waals surface area contributed by atoms with Crippen molar-refractivity contribution in [2.24, 2.45) is 5.84 Å². The molecule has 0 bridgehead atoms. The molecule has 0 spiro atoms. The number of urea groups is 1. The Bertz CT molecular complexity index is 356. The molecule has 0 saturated heterocycles. The van der Waals surface area contributed by atoms with Crippen LogP contribution in [0.15, 0.2) is 22.7 Å². The molecule has 0 aliphatic heterocycles. The second kappa shape index (κ2) is 4.94. The van der Waals surface area contributed by atoms with Gasteiger partial charge in [0.05, 0.1) is 0 Å². The van der Waals surface area contributed by atoms with Crippen molar-refractivity contribution in [2.75, 3.05) is 12.4 Å². The van der Waals surface area contributed by atoms with Crippen LogP contribution in [-0.4, -0.2) is 18.1 Å². The first-order chi connectivity index (χ1) is 6.50. The highest BCUT2D eigenvalue weighted by Gasteiger charge is 2.05. The van der Waals surface area contributed by atoms with Gasteiger partial charge in [-0.2, -0.15) is 0 Å². The molecule has 0 unspecified atom stereocenters. The van der Waals surface area contributed by atoms with Gasteiger partial charge in [-0.3, -0.25) is 5.01 Å². The molecular weight excluding hydrogens is 361 g/mol. The molecule has 76 valence electrons. The van der Waals surface area contributed by atoms with E-state index in [4.69, 9.17) is 5.84 Å². The third kappa shape index (κ3) is 3.10. The molecular formula is C8H9BrIN3O. The average molecular weight is 370 g/mol. The van der Waals surface area contributed by atoms with Crippen LogP contribution in [0, 0.1) is 3.57 Å². The summed E-state index contributed by atoms with van der Waals surface area (Å²) >= 11 is 5.56. The second-order valence-electron chi connectivity index (χ2n) is 2.67. The lowest BCUT2D eigenvalue weighted by atomic mass is 10.3. The lowest BCUT2D eigenvalue weighted by Crippen LogP contribution is -2.36. The van der Waals surface area contributed by atoms with Crippen LogP contribution < -0.4 is 11.2 Å². The highest BCUT2D eigenvalue weighted by atomic mass is 127. The number of hydrogen-bond acceptors (Lipinski definition) is 2. The summed E-state index contributed by atoms with van der Waals surface area (Å²) in [6.07, 6.45) is 0. The molecule has 0 heterocycles. The van der Waals surface area contributed by atoms with Gasteiger partial charge in [-0.15, -0.1) is 0 Å². The number of nitrogens with zero attached hydrogens (tertiary/aromatic N) is 1. The maximum absolute atomic E-state index is 11.2. The van der Waals surface area contributed by atoms with E-state index in [9.17, 15) is 4.79 Å². The molecule has 6 heteroatoms. The smallest absolute Gasteiger partial charge is 0.307 e. The van der Waals surface area contributed by atoms with E-state index >= 15 is 0 Å². The van der Waals surface area contributed by atoms with E-state index in [0.29, 0.717) is 5.69 Å². The Hall–Kier alpha value is -0.340. The number of hydrazine groups is 1. The quantitative estimate of drug-likeness (QED) is 0.345. The number of amides is 2. The number of nitrogens with two attached hydrogens (primary N) is 1. The minimum absolute atomic E-state index is 0.349. The van der Waals surface area contributed by atoms with Gasteiger partial charge in [0.1, 0.15) is 0 Å². The fourth-order valence-corrected chi connectivity index (χ4v) is 1.50. The van der Waals surface area contributed by atoms with Crippen molar-refractivity contribution < 1.29 is 4.79 Å². The molecule has 1 rings (SSSR count). The molecule has 0 aliphatic carbocycles. The highest BCUT2D eigenvalue weighted by Crippen LogP contribution is 2.22. The first-order valence-electron chi connectivity index (χ1n) is 3.75. The summed E-state index contributed by atoms with van der Waals surface area (Å²) in [6, 6.07) is 5.19. The van der Waals surface area contributed by atoms with E-state index in [2.05, 4.69) is 43.8 Å². The maximum atomic E-state index is 11.2. The Kier molecular flexibility index (Phi) is 4.14. The number of carbonyl (C=O) groups is 1. The van der Waals surface area contributed by atoms with Crippen molar-refractivity contribution in [1.82, 2.24) is 5.01 Å². The molecule has 14 heavy (non-hydrogen) atoms. The fourth-order valence-electron chi connectivity index (χ4n) is 0.786. The fraction of sp³-hybridized carbons (Fsp3) is 0.125. The van der Waals surface area contributed by atoms with Crippen molar-refractivity contribution in [3.63, 3.8) is 0 Å². The van der Waals surface area contributed by atoms with Crippen molar-refractivity contribution in [3.05, 3.63) is 26.2 Å². The van der Waals surface area contributed by atoms with E-state index < -0.39 is 0 Å². The van der Waals surface area contributed by atoms with Crippen LogP contribution in [0.5, 0.6) is 0 Å². The summed E-state index contributed by atoms with van der Waals surface area (Å²) in [7, 11) is 1.48. The van der Waals surface area contributed by atoms with E-state index in [-0.39, 0.29) is 6.03 Å². The molecule has 0 atom stereocenters. The van der Waals surface area contributed by atoms with Gasteiger partial charge in [0.2, 0.25) is 0 Å². The summed E-state index contributed by atoms with van der Waals surface area (Å²) in [5.74, 6) is 5.26. The predicted molar refractivity (Wildman–Crippen MR) is 67.8 cm³/mol. The number of hydrogen-bond donors (Lipinski definition) is 2. The second-order valence-corrected chi connectivity index (χ2v) is 4.69. The lowest BCUT2D eigenvalue weighted by molar-refractivity contribution is 0.223. The molecule has 0 radical (unpaired) electrons. The summed E-state index contributed by atoms with van der Waals surface area (Å²) < 4.78 is 2.03. The number of carbonyl (C=O) groups excluding carboxylic acids is 1. The molecule has 0 fully saturated rings. The van der Waals surface area contributed by atoms with Crippen molar-refractivity contribution in [3.8, 4) is 0 Å². The number of nitrogens with one attached hydrogen (secondary N) is 1. The summed E-state index contributed by atoms with van der Waals surface area (Å²) in [6.45, 7) is 0. The van der Waals surface area contributed by atoms with Crippen LogP contribution in [0.25, 0.3) is 0 Å². The number of anilines is 1. The van der Waals surface area contributed by atoms with Crippen molar-refractivity contribution in [1.29, 1.82) is 0 Å². The molecule has 0 aromatic heterocycles. The zero-order chi connectivity index (χ0) is 10.7. The molecule has 1 aromatic rings. The van der Waals surface area contributed by atoms with E-state index in [1.165, 1.54) is 7.05 Å². The Morgan fingerprint density at radius 1 is 1.64 bits per heavy atom. The molecule has 3 N–H and O–H groups in total. The summed E-state index contributed by atoms with van der Waals surface area (Å²) in [5.41, 5.74) is 0.708. The van der Waals surface area contributed by atoms with Gasteiger partial charge >= 0.3 is 6.03 Å². The lowest BCUT2D eigenvalue weighted by Gasteiger charge is -2.11. The minimum atomic E-state index is -0.349. The third-order valence-electron chi connectivity index (χ3n) is 1.49. The van der Waals surface area contributed by atoms with Gasteiger partial charge < -0.3 is 5.32 Å². The van der Waals surface area contributed by atoms with Crippen LogP contribution in [0.3, 0.4) is 0 Å². The van der Waals surface area contributed by atoms with Crippen molar-refractivity contribution in [2.45, 2.75) is 0 Å². The predicted octanol–water partition coefficient (Wildman–Crippen LogP) is 2.39. The normalized spacial score (nSPS) is 9.71. The number of halogens is 2. The van der Waals surface area contributed by atoms with Crippen LogP contribution in [0.4, 0.5) is 10.5 Å². The monoisotopic (exact) mass is 369 g/mol. The SMILES string of the molecule is CN(N)C(=O)Nc1ccc(I)c(Br)c1. The Morgan fingerprint density at radius 3 is 2.79 bits per heavy atom. The van der Waals surface area contributed by atoms with Gasteiger partial charge in [0, 0.05) is 20.8 Å². The zero-order valence-electron chi connectivity index (χ0n) is 7.42. The van der Waals surface area contributed by atoms with Crippen molar-refractivity contribution >= 4 is 50.2 Å². The molecule has 0 saturated carbocycles. The van der Waals surface area contributed by atoms with Gasteiger partial charge in [0.25, 0.3) is 0 Å². The van der Waals surface area contributed by atoms with Crippen LogP contribution in [0.1, 0.15) is 0 Å². The third-order valence-corrected chi connectivity index (χ3v) is 3.83. The van der Waals surface area contributed by atoms with Crippen LogP contribution in [-0.2, 0) is 0 Å². The van der Waals surface area contributed by atoms with Gasteiger partial charge in [0.15, 0.2) is 0 Å². The first kappa shape index (κ1) is 11.7. The maximum Gasteiger partial charge on any atom is 0.335 e. The van der Waals surface area contributed by atoms with E-state index in [0.717, 1.165) is 13.1 Å². The zero-order valence-corrected chi connectivity index (χ0v) is 11.2. The van der Waals surface area contributed by atoms with Gasteiger partial charge in [-0.25, -0.2) is 10.6 Å². The van der Waals surface area contributed by atoms with E-state index in [1.807, 2.05) is 18.2 Å². The highest BCUT2D eigenvalue weighted by molar-refractivity contribution is 14.1. The topological polar surface area (TPSA) is 58.4 Å². The molecule has 0 aliphatic rings. The van der Waals surface area contributed by atoms with E-state index in [1.54, 1.807) is 0 Å². The molecule has 1 aromatic carbocycles. The number of rotatable bonds is 1. The Balaban J connectivity index is 2.78. The number of benzene rings is 1. The van der Waals surface area contributed by atoms with Crippen LogP contribution >= 0.6 is 38.5 Å². The van der Waals surface area contributed by atoms with Gasteiger partial charge in [-0.1, -0.05) is 0 Å². The first-order valence-corrected chi connectivity index (χ1v) is 5.62. The molecule has 2 amide bonds. The average Bonchev–Trinajstić information content (AvgIpc) is 2.11. The largest absolute Gasteiger partial charge is 0.335 e. The van der Waals surface area contributed by atoms with Crippen LogP contribution in [0.2, 0.25) is 0 Å². The Labute approximate surface area is 104 Å². The standard InChI is InChI=1S/C8H9BrIN3O/c1-13(11)8(14)12-5-2-3-7(10)6(9)4-5/h2-4H,11H2,1H3,(H,12,14). The minimum Gasteiger partial charge on any atom is -0.307 e. The summed E-state index contributed by atoms with van der Waals surface area (Å²) in [4.78, 5) is 11.2. The van der Waals surface area contributed by atoms with Gasteiger partial charge in [-0.05, 0) is 56.7 Å².